The first-order chi connectivity index (χ1) is 3.55. The summed E-state index contributed by atoms with van der Waals surface area (Å²) in [5, 5.41) is 18.4. The maximum absolute atomic E-state index is 11.2. The normalized spacial score (nSPS) is 6.90. The van der Waals surface area contributed by atoms with Crippen molar-refractivity contribution in [3.8, 4) is 0 Å². The Hall–Kier alpha value is 2.79. The first kappa shape index (κ1) is 18.5. The molecule has 0 unspecified atom stereocenters. The van der Waals surface area contributed by atoms with E-state index in [1.807, 2.05) is 0 Å². The van der Waals surface area contributed by atoms with E-state index in [9.17, 15) is 23.2 Å². The molecule has 2 nitrogen and oxygen atoms in total. The Labute approximate surface area is 141 Å². The smallest absolute Gasteiger partial charge is 0.888 e. The zero-order chi connectivity index (χ0) is 6.73. The molecule has 0 bridgehead atoms. The van der Waals surface area contributed by atoms with Crippen molar-refractivity contribution in [3.63, 3.8) is 0 Å². The molecule has 0 amide bonds. The van der Waals surface area contributed by atoms with E-state index in [-0.39, 0.29) is 103 Å². The van der Waals surface area contributed by atoms with Gasteiger partial charge in [0.1, 0.15) is 0 Å². The maximum Gasteiger partial charge on any atom is 1.00 e. The van der Waals surface area contributed by atoms with E-state index in [4.69, 9.17) is 0 Å². The van der Waals surface area contributed by atoms with E-state index in [0.29, 0.717) is 0 Å². The van der Waals surface area contributed by atoms with Gasteiger partial charge in [-0.2, -0.15) is 8.78 Å². The summed E-state index contributed by atoms with van der Waals surface area (Å²) in [5.74, 6) is 0. The van der Waals surface area contributed by atoms with Crippen molar-refractivity contribution in [2.75, 3.05) is 0 Å². The number of hydrogen-bond donors (Lipinski definition) is 0. The summed E-state index contributed by atoms with van der Waals surface area (Å²) >= 11 is 0. The van der Waals surface area contributed by atoms with Gasteiger partial charge in [0, 0.05) is 0 Å². The van der Waals surface area contributed by atoms with Gasteiger partial charge < -0.3 is 10.0 Å². The van der Waals surface area contributed by atoms with Crippen LogP contribution in [0.15, 0.2) is 11.8 Å². The van der Waals surface area contributed by atoms with Gasteiger partial charge in [0.05, 0.1) is 5.73 Å². The Bertz CT molecular complexity index is 115. The van der Waals surface area contributed by atoms with Crippen molar-refractivity contribution in [2.24, 2.45) is 0 Å². The Morgan fingerprint density at radius 3 is 1.30 bits per heavy atom. The van der Waals surface area contributed by atoms with Gasteiger partial charge in [-0.05, 0) is 7.12 Å². The average Bonchev–Trinajstić information content (AvgIpc) is 1.64. The fourth-order valence-electron chi connectivity index (χ4n) is 0.0891. The Morgan fingerprint density at radius 2 is 1.30 bits per heavy atom. The Balaban J connectivity index is -0.000000245. The monoisotopic (exact) mass is 202 g/mol. The molecule has 0 fully saturated rings. The third-order valence-electron chi connectivity index (χ3n) is 0.387. The molecule has 0 aromatic heterocycles. The van der Waals surface area contributed by atoms with Crippen molar-refractivity contribution in [1.82, 2.24) is 0 Å². The van der Waals surface area contributed by atoms with Gasteiger partial charge in [0.2, 0.25) is 0 Å². The van der Waals surface area contributed by atoms with Crippen molar-refractivity contribution in [2.45, 2.75) is 0 Å². The van der Waals surface area contributed by atoms with Crippen LogP contribution in [0.4, 0.5) is 13.2 Å². The quantitative estimate of drug-likeness (QED) is 0.396. The Kier molecular flexibility index (Phi) is 18.3. The molecule has 0 rings (SSSR count). The summed E-state index contributed by atoms with van der Waals surface area (Å²) < 4.78 is 32.7. The van der Waals surface area contributed by atoms with Crippen molar-refractivity contribution < 1.29 is 126 Å². The fraction of sp³-hybridized carbons (Fsp3) is 0. The summed E-state index contributed by atoms with van der Waals surface area (Å²) in [7, 11) is -3.19. The molecule has 0 N–H and O–H groups in total. The fourth-order valence-corrected chi connectivity index (χ4v) is 0.0891. The van der Waals surface area contributed by atoms with Gasteiger partial charge >= 0.3 is 103 Å². The average molecular weight is 202 g/mol. The van der Waals surface area contributed by atoms with Gasteiger partial charge in [-0.1, -0.05) is 0 Å². The zero-order valence-corrected chi connectivity index (χ0v) is 11.8. The molecule has 0 atom stereocenters. The van der Waals surface area contributed by atoms with Gasteiger partial charge in [0.15, 0.2) is 0 Å². The SMILES string of the molecule is [K+].[K+].[O-]B([O-])C(F)=C(F)F. The van der Waals surface area contributed by atoms with E-state index < -0.39 is 18.9 Å². The molecule has 0 aromatic carbocycles. The predicted octanol–water partition coefficient (Wildman–Crippen LogP) is -7.18. The van der Waals surface area contributed by atoms with E-state index in [2.05, 4.69) is 0 Å². The maximum atomic E-state index is 11.2. The molecular weight excluding hydrogens is 202 g/mol. The van der Waals surface area contributed by atoms with Crippen LogP contribution in [-0.4, -0.2) is 7.12 Å². The number of rotatable bonds is 1. The van der Waals surface area contributed by atoms with Crippen molar-refractivity contribution >= 4 is 7.12 Å². The Morgan fingerprint density at radius 1 is 1.00 bits per heavy atom. The molecule has 0 saturated carbocycles. The summed E-state index contributed by atoms with van der Waals surface area (Å²) in [6.45, 7) is 0. The van der Waals surface area contributed by atoms with Crippen LogP contribution in [0, 0.1) is 0 Å². The molecule has 0 heterocycles. The summed E-state index contributed by atoms with van der Waals surface area (Å²) in [4.78, 5) is 0. The van der Waals surface area contributed by atoms with Crippen LogP contribution in [-0.2, 0) is 0 Å². The molecule has 8 heteroatoms. The first-order valence-corrected chi connectivity index (χ1v) is 1.58. The van der Waals surface area contributed by atoms with Gasteiger partial charge in [0.25, 0.3) is 6.08 Å². The minimum absolute atomic E-state index is 0. The molecule has 0 aliphatic rings. The second-order valence-electron chi connectivity index (χ2n) is 0.940. The molecule has 0 aromatic rings. The third kappa shape index (κ3) is 8.88. The predicted molar refractivity (Wildman–Crippen MR) is 16.1 cm³/mol. The van der Waals surface area contributed by atoms with Crippen LogP contribution >= 0.6 is 0 Å². The molecule has 0 aliphatic heterocycles. The standard InChI is InChI=1S/C2BF3O2.2K/c4-1(2(5)6)3(7)8;;/q-2;2*+1. The molecule has 46 valence electrons. The van der Waals surface area contributed by atoms with Crippen LogP contribution in [0.2, 0.25) is 0 Å². The van der Waals surface area contributed by atoms with E-state index in [1.54, 1.807) is 0 Å². The summed E-state index contributed by atoms with van der Waals surface area (Å²) in [5.41, 5.74) is -2.43. The molecule has 0 saturated heterocycles. The first-order valence-electron chi connectivity index (χ1n) is 1.58. The van der Waals surface area contributed by atoms with Crippen LogP contribution < -0.4 is 113 Å². The summed E-state index contributed by atoms with van der Waals surface area (Å²) in [6.07, 6.45) is -2.83. The molecule has 0 aliphatic carbocycles. The largest absolute Gasteiger partial charge is 1.00 e. The van der Waals surface area contributed by atoms with Crippen LogP contribution in [0.5, 0.6) is 0 Å². The second-order valence-corrected chi connectivity index (χ2v) is 0.940. The second kappa shape index (κ2) is 9.87. The van der Waals surface area contributed by atoms with Crippen molar-refractivity contribution in [3.05, 3.63) is 11.8 Å². The minimum atomic E-state index is -3.19. The van der Waals surface area contributed by atoms with Crippen molar-refractivity contribution in [1.29, 1.82) is 0 Å². The minimum Gasteiger partial charge on any atom is -0.888 e. The number of hydrogen-bond acceptors (Lipinski definition) is 2. The third-order valence-corrected chi connectivity index (χ3v) is 0.387. The topological polar surface area (TPSA) is 46.1 Å². The van der Waals surface area contributed by atoms with Gasteiger partial charge in [-0.15, -0.1) is 0 Å². The summed E-state index contributed by atoms with van der Waals surface area (Å²) in [6, 6.07) is 0. The van der Waals surface area contributed by atoms with Crippen LogP contribution in [0.3, 0.4) is 0 Å². The molecule has 0 spiro atoms. The van der Waals surface area contributed by atoms with E-state index >= 15 is 0 Å². The van der Waals surface area contributed by atoms with Gasteiger partial charge in [-0.25, -0.2) is 4.39 Å². The van der Waals surface area contributed by atoms with Gasteiger partial charge in [-0.3, -0.25) is 0 Å². The zero-order valence-electron chi connectivity index (χ0n) is 5.53. The number of halogens is 3. The molecule has 0 radical (unpaired) electrons. The van der Waals surface area contributed by atoms with Crippen LogP contribution in [0.1, 0.15) is 0 Å². The van der Waals surface area contributed by atoms with Crippen LogP contribution in [0.25, 0.3) is 0 Å². The van der Waals surface area contributed by atoms with E-state index in [1.165, 1.54) is 0 Å². The molecule has 10 heavy (non-hydrogen) atoms. The molecular formula is C2BF3K2O2. The van der Waals surface area contributed by atoms with E-state index in [0.717, 1.165) is 0 Å².